The topological polar surface area (TPSA) is 69.3 Å². The maximum absolute atomic E-state index is 5.48. The zero-order chi connectivity index (χ0) is 8.55. The van der Waals surface area contributed by atoms with E-state index < -0.39 is 6.17 Å². The van der Waals surface area contributed by atoms with Gasteiger partial charge >= 0.3 is 0 Å². The summed E-state index contributed by atoms with van der Waals surface area (Å²) in [7, 11) is 0. The van der Waals surface area contributed by atoms with Crippen LogP contribution in [0.25, 0.3) is 5.65 Å². The molecular weight excluding hydrogens is 152 g/mol. The summed E-state index contributed by atoms with van der Waals surface area (Å²) in [6.07, 6.45) is 3.25. The lowest BCUT2D eigenvalue weighted by molar-refractivity contribution is 0.749. The second kappa shape index (κ2) is 2.58. The van der Waals surface area contributed by atoms with Crippen molar-refractivity contribution in [1.29, 1.82) is 0 Å². The van der Waals surface area contributed by atoms with Gasteiger partial charge in [0.25, 0.3) is 0 Å². The largest absolute Gasteiger partial charge is 0.311 e. The first kappa shape index (κ1) is 7.27. The molecule has 4 N–H and O–H groups in total. The number of pyridine rings is 1. The number of hydrogen-bond acceptors (Lipinski definition) is 3. The third-order valence-electron chi connectivity index (χ3n) is 1.72. The zero-order valence-electron chi connectivity index (χ0n) is 6.51. The molecule has 0 aliphatic heterocycles. The minimum Gasteiger partial charge on any atom is -0.311 e. The van der Waals surface area contributed by atoms with Crippen molar-refractivity contribution in [2.75, 3.05) is 0 Å². The summed E-state index contributed by atoms with van der Waals surface area (Å²) in [6, 6.07) is 5.76. The van der Waals surface area contributed by atoms with Crippen molar-refractivity contribution in [2.45, 2.75) is 6.17 Å². The number of hydrogen-bond donors (Lipinski definition) is 2. The summed E-state index contributed by atoms with van der Waals surface area (Å²) in [5, 5.41) is 0. The Kier molecular flexibility index (Phi) is 1.56. The summed E-state index contributed by atoms with van der Waals surface area (Å²) in [5.41, 5.74) is 12.5. The molecule has 0 fully saturated rings. The van der Waals surface area contributed by atoms with Crippen molar-refractivity contribution in [3.63, 3.8) is 0 Å². The van der Waals surface area contributed by atoms with Crippen LogP contribution in [0.4, 0.5) is 0 Å². The van der Waals surface area contributed by atoms with E-state index in [1.54, 1.807) is 0 Å². The van der Waals surface area contributed by atoms with E-state index >= 15 is 0 Å². The van der Waals surface area contributed by atoms with Gasteiger partial charge in [-0.05, 0) is 12.1 Å². The van der Waals surface area contributed by atoms with E-state index in [0.29, 0.717) is 5.69 Å². The van der Waals surface area contributed by atoms with Crippen LogP contribution in [0.5, 0.6) is 0 Å². The zero-order valence-corrected chi connectivity index (χ0v) is 6.51. The molecule has 0 saturated heterocycles. The van der Waals surface area contributed by atoms with Gasteiger partial charge in [-0.15, -0.1) is 0 Å². The molecular formula is C8H10N4. The second-order valence-electron chi connectivity index (χ2n) is 2.66. The predicted molar refractivity (Wildman–Crippen MR) is 46.3 cm³/mol. The van der Waals surface area contributed by atoms with Gasteiger partial charge in [-0.3, -0.25) is 0 Å². The molecule has 0 radical (unpaired) electrons. The van der Waals surface area contributed by atoms with Crippen LogP contribution in [0.3, 0.4) is 0 Å². The van der Waals surface area contributed by atoms with Crippen LogP contribution in [0.1, 0.15) is 11.9 Å². The Morgan fingerprint density at radius 2 is 2.17 bits per heavy atom. The maximum Gasteiger partial charge on any atom is 0.137 e. The number of nitrogens with zero attached hydrogens (tertiary/aromatic N) is 2. The molecule has 2 aromatic rings. The molecule has 4 heteroatoms. The van der Waals surface area contributed by atoms with Crippen LogP contribution in [0.2, 0.25) is 0 Å². The average Bonchev–Trinajstić information content (AvgIpc) is 2.46. The van der Waals surface area contributed by atoms with Crippen molar-refractivity contribution >= 4 is 5.65 Å². The average molecular weight is 162 g/mol. The van der Waals surface area contributed by atoms with Crippen LogP contribution in [0.15, 0.2) is 30.6 Å². The van der Waals surface area contributed by atoms with Crippen LogP contribution in [-0.4, -0.2) is 9.38 Å². The van der Waals surface area contributed by atoms with E-state index in [9.17, 15) is 0 Å². The van der Waals surface area contributed by atoms with Crippen LogP contribution < -0.4 is 11.5 Å². The minimum absolute atomic E-state index is 0.495. The standard InChI is InChI=1S/C8H10N4/c9-8(10)6-5-12-4-2-1-3-7(12)11-6/h1-5,8H,9-10H2. The monoisotopic (exact) mass is 162 g/mol. The van der Waals surface area contributed by atoms with Gasteiger partial charge in [0.05, 0.1) is 11.9 Å². The van der Waals surface area contributed by atoms with Gasteiger partial charge in [-0.25, -0.2) is 4.98 Å². The van der Waals surface area contributed by atoms with Crippen LogP contribution in [0, 0.1) is 0 Å². The molecule has 0 atom stereocenters. The minimum atomic E-state index is -0.495. The van der Waals surface area contributed by atoms with E-state index in [1.807, 2.05) is 35.0 Å². The first-order valence-corrected chi connectivity index (χ1v) is 3.72. The van der Waals surface area contributed by atoms with Crippen LogP contribution >= 0.6 is 0 Å². The molecule has 62 valence electrons. The number of rotatable bonds is 1. The van der Waals surface area contributed by atoms with Crippen molar-refractivity contribution < 1.29 is 0 Å². The van der Waals surface area contributed by atoms with Gasteiger partial charge in [0.1, 0.15) is 5.65 Å². The smallest absolute Gasteiger partial charge is 0.137 e. The lowest BCUT2D eigenvalue weighted by Crippen LogP contribution is -2.20. The molecule has 0 amide bonds. The molecule has 2 aromatic heterocycles. The van der Waals surface area contributed by atoms with Crippen molar-refractivity contribution in [3.8, 4) is 0 Å². The lowest BCUT2D eigenvalue weighted by Gasteiger charge is -1.96. The Labute approximate surface area is 69.8 Å². The summed E-state index contributed by atoms with van der Waals surface area (Å²) in [6.45, 7) is 0. The van der Waals surface area contributed by atoms with Gasteiger partial charge < -0.3 is 15.9 Å². The van der Waals surface area contributed by atoms with E-state index in [2.05, 4.69) is 4.98 Å². The fourth-order valence-electron chi connectivity index (χ4n) is 1.11. The first-order valence-electron chi connectivity index (χ1n) is 3.72. The number of fused-ring (bicyclic) bond motifs is 1. The third kappa shape index (κ3) is 1.07. The molecule has 2 heterocycles. The van der Waals surface area contributed by atoms with Gasteiger partial charge in [-0.2, -0.15) is 0 Å². The quantitative estimate of drug-likeness (QED) is 0.590. The van der Waals surface area contributed by atoms with Crippen LogP contribution in [-0.2, 0) is 0 Å². The molecule has 4 nitrogen and oxygen atoms in total. The van der Waals surface area contributed by atoms with Crippen molar-refractivity contribution in [2.24, 2.45) is 11.5 Å². The highest BCUT2D eigenvalue weighted by Crippen LogP contribution is 2.06. The van der Waals surface area contributed by atoms with E-state index in [0.717, 1.165) is 5.65 Å². The highest BCUT2D eigenvalue weighted by molar-refractivity contribution is 5.39. The molecule has 12 heavy (non-hydrogen) atoms. The molecule has 0 aliphatic rings. The SMILES string of the molecule is NC(N)c1cn2ccccc2n1. The number of imidazole rings is 1. The Hall–Kier alpha value is -1.39. The molecule has 0 saturated carbocycles. The summed E-state index contributed by atoms with van der Waals surface area (Å²) in [5.74, 6) is 0. The molecule has 0 aliphatic carbocycles. The van der Waals surface area contributed by atoms with Gasteiger partial charge in [-0.1, -0.05) is 6.07 Å². The lowest BCUT2D eigenvalue weighted by atomic mass is 10.4. The molecule has 0 bridgehead atoms. The highest BCUT2D eigenvalue weighted by Gasteiger charge is 2.03. The Balaban J connectivity index is 2.62. The van der Waals surface area contributed by atoms with Gasteiger partial charge in [0, 0.05) is 12.4 Å². The number of aromatic nitrogens is 2. The fraction of sp³-hybridized carbons (Fsp3) is 0.125. The van der Waals surface area contributed by atoms with Gasteiger partial charge in [0.2, 0.25) is 0 Å². The van der Waals surface area contributed by atoms with Crippen molar-refractivity contribution in [3.05, 3.63) is 36.3 Å². The van der Waals surface area contributed by atoms with E-state index in [4.69, 9.17) is 11.5 Å². The molecule has 0 aromatic carbocycles. The Morgan fingerprint density at radius 1 is 1.33 bits per heavy atom. The summed E-state index contributed by atoms with van der Waals surface area (Å²) >= 11 is 0. The Morgan fingerprint density at radius 3 is 2.83 bits per heavy atom. The normalized spacial score (nSPS) is 11.2. The van der Waals surface area contributed by atoms with E-state index in [1.165, 1.54) is 0 Å². The molecule has 0 spiro atoms. The maximum atomic E-state index is 5.48. The summed E-state index contributed by atoms with van der Waals surface area (Å²) < 4.78 is 1.89. The highest BCUT2D eigenvalue weighted by atomic mass is 15.0. The van der Waals surface area contributed by atoms with Crippen molar-refractivity contribution in [1.82, 2.24) is 9.38 Å². The van der Waals surface area contributed by atoms with Gasteiger partial charge in [0.15, 0.2) is 0 Å². The molecule has 0 unspecified atom stereocenters. The second-order valence-corrected chi connectivity index (χ2v) is 2.66. The third-order valence-corrected chi connectivity index (χ3v) is 1.72. The van der Waals surface area contributed by atoms with E-state index in [-0.39, 0.29) is 0 Å². The fourth-order valence-corrected chi connectivity index (χ4v) is 1.11. The first-order chi connectivity index (χ1) is 5.77. The summed E-state index contributed by atoms with van der Waals surface area (Å²) in [4.78, 5) is 4.23. The molecule has 2 rings (SSSR count). The Bertz CT molecular complexity index is 358. The predicted octanol–water partition coefficient (Wildman–Crippen LogP) is 0.250. The number of nitrogens with two attached hydrogens (primary N) is 2.